The molecule has 27 heavy (non-hydrogen) atoms. The number of methoxy groups -OCH3 is 1. The van der Waals surface area contributed by atoms with Crippen LogP contribution in [0, 0.1) is 6.92 Å². The zero-order valence-corrected chi connectivity index (χ0v) is 16.0. The van der Waals surface area contributed by atoms with Crippen molar-refractivity contribution < 1.29 is 9.53 Å². The zero-order chi connectivity index (χ0) is 19.6. The van der Waals surface area contributed by atoms with Crippen molar-refractivity contribution in [2.75, 3.05) is 7.11 Å². The van der Waals surface area contributed by atoms with Gasteiger partial charge < -0.3 is 4.74 Å². The molecule has 0 bridgehead atoms. The Bertz CT molecular complexity index is 1040. The minimum Gasteiger partial charge on any atom is -0.496 e. The number of hydrogen-bond donors (Lipinski definition) is 0. The lowest BCUT2D eigenvalue weighted by molar-refractivity contribution is -0.122. The van der Waals surface area contributed by atoms with Gasteiger partial charge in [0.15, 0.2) is 5.78 Å². The Morgan fingerprint density at radius 2 is 1.93 bits per heavy atom. The van der Waals surface area contributed by atoms with E-state index in [2.05, 4.69) is 10.3 Å². The van der Waals surface area contributed by atoms with E-state index in [0.717, 1.165) is 16.9 Å². The highest BCUT2D eigenvalue weighted by atomic mass is 16.5. The largest absolute Gasteiger partial charge is 0.496 e. The SMILES string of the molecule is COc1cc(C)ccc1[C@H](C)CC(=O)[C@@H](C)n1nnc2ccccc2c1=O. The third-order valence-corrected chi connectivity index (χ3v) is 4.85. The van der Waals surface area contributed by atoms with Gasteiger partial charge in [-0.05, 0) is 49.1 Å². The van der Waals surface area contributed by atoms with E-state index in [1.54, 1.807) is 38.3 Å². The number of ketones is 1. The van der Waals surface area contributed by atoms with Crippen molar-refractivity contribution in [1.29, 1.82) is 0 Å². The van der Waals surface area contributed by atoms with Crippen molar-refractivity contribution in [3.05, 3.63) is 63.9 Å². The van der Waals surface area contributed by atoms with Crippen LogP contribution in [0.25, 0.3) is 10.9 Å². The van der Waals surface area contributed by atoms with Crippen LogP contribution in [0.3, 0.4) is 0 Å². The fraction of sp³-hybridized carbons (Fsp3) is 0.333. The molecular formula is C21H23N3O3. The first-order chi connectivity index (χ1) is 12.9. The van der Waals surface area contributed by atoms with E-state index in [1.807, 2.05) is 32.0 Å². The normalized spacial score (nSPS) is 13.3. The van der Waals surface area contributed by atoms with Gasteiger partial charge in [-0.15, -0.1) is 5.10 Å². The van der Waals surface area contributed by atoms with E-state index < -0.39 is 6.04 Å². The molecule has 0 saturated carbocycles. The number of carbonyl (C=O) groups excluding carboxylic acids is 1. The maximum Gasteiger partial charge on any atom is 0.278 e. The second-order valence-corrected chi connectivity index (χ2v) is 6.85. The average Bonchev–Trinajstić information content (AvgIpc) is 2.67. The number of ether oxygens (including phenoxy) is 1. The number of carbonyl (C=O) groups is 1. The quantitative estimate of drug-likeness (QED) is 0.669. The molecule has 2 aromatic carbocycles. The number of hydrogen-bond acceptors (Lipinski definition) is 5. The van der Waals surface area contributed by atoms with Crippen LogP contribution in [0.2, 0.25) is 0 Å². The molecule has 0 spiro atoms. The molecule has 0 aliphatic heterocycles. The summed E-state index contributed by atoms with van der Waals surface area (Å²) in [6, 6.07) is 12.2. The summed E-state index contributed by atoms with van der Waals surface area (Å²) in [5, 5.41) is 8.48. The van der Waals surface area contributed by atoms with E-state index in [4.69, 9.17) is 4.74 Å². The van der Waals surface area contributed by atoms with E-state index in [0.29, 0.717) is 10.9 Å². The fourth-order valence-corrected chi connectivity index (χ4v) is 3.20. The number of nitrogens with zero attached hydrogens (tertiary/aromatic N) is 3. The zero-order valence-electron chi connectivity index (χ0n) is 16.0. The molecule has 6 nitrogen and oxygen atoms in total. The first-order valence-electron chi connectivity index (χ1n) is 8.94. The van der Waals surface area contributed by atoms with Gasteiger partial charge >= 0.3 is 0 Å². The van der Waals surface area contributed by atoms with Crippen LogP contribution < -0.4 is 10.3 Å². The third kappa shape index (κ3) is 3.74. The topological polar surface area (TPSA) is 74.1 Å². The van der Waals surface area contributed by atoms with Gasteiger partial charge in [-0.2, -0.15) is 0 Å². The maximum atomic E-state index is 12.8. The summed E-state index contributed by atoms with van der Waals surface area (Å²) in [4.78, 5) is 25.5. The number of aromatic nitrogens is 3. The molecule has 2 atom stereocenters. The summed E-state index contributed by atoms with van der Waals surface area (Å²) in [6.07, 6.45) is 0.279. The Labute approximate surface area is 157 Å². The summed E-state index contributed by atoms with van der Waals surface area (Å²) < 4.78 is 6.62. The molecule has 0 aliphatic carbocycles. The second-order valence-electron chi connectivity index (χ2n) is 6.85. The van der Waals surface area contributed by atoms with E-state index in [1.165, 1.54) is 4.68 Å². The monoisotopic (exact) mass is 365 g/mol. The predicted octanol–water partition coefficient (Wildman–Crippen LogP) is 3.43. The minimum absolute atomic E-state index is 0.0420. The Kier molecular flexibility index (Phi) is 5.35. The molecule has 3 rings (SSSR count). The molecule has 0 radical (unpaired) electrons. The van der Waals surface area contributed by atoms with Crippen molar-refractivity contribution in [2.24, 2.45) is 0 Å². The molecule has 1 aromatic heterocycles. The van der Waals surface area contributed by atoms with Gasteiger partial charge in [0.1, 0.15) is 17.3 Å². The molecular weight excluding hydrogens is 342 g/mol. The van der Waals surface area contributed by atoms with Crippen LogP contribution in [0.15, 0.2) is 47.3 Å². The van der Waals surface area contributed by atoms with Gasteiger partial charge in [0, 0.05) is 6.42 Å². The van der Waals surface area contributed by atoms with Gasteiger partial charge in [-0.3, -0.25) is 9.59 Å². The Morgan fingerprint density at radius 3 is 2.67 bits per heavy atom. The van der Waals surface area contributed by atoms with Gasteiger partial charge in [-0.1, -0.05) is 36.4 Å². The molecule has 0 saturated heterocycles. The summed E-state index contributed by atoms with van der Waals surface area (Å²) in [5.41, 5.74) is 2.29. The van der Waals surface area contributed by atoms with Crippen molar-refractivity contribution in [3.63, 3.8) is 0 Å². The molecule has 6 heteroatoms. The highest BCUT2D eigenvalue weighted by molar-refractivity contribution is 5.83. The lowest BCUT2D eigenvalue weighted by atomic mass is 9.92. The number of fused-ring (bicyclic) bond motifs is 1. The predicted molar refractivity (Wildman–Crippen MR) is 104 cm³/mol. The average molecular weight is 365 g/mol. The number of Topliss-reactive ketones (excluding diaryl/α,β-unsaturated/α-hetero) is 1. The van der Waals surface area contributed by atoms with Gasteiger partial charge in [0.25, 0.3) is 5.56 Å². The van der Waals surface area contributed by atoms with Crippen LogP contribution in [-0.2, 0) is 4.79 Å². The summed E-state index contributed by atoms with van der Waals surface area (Å²) >= 11 is 0. The first kappa shape index (κ1) is 18.8. The summed E-state index contributed by atoms with van der Waals surface area (Å²) in [6.45, 7) is 5.66. The number of rotatable bonds is 6. The van der Waals surface area contributed by atoms with Crippen LogP contribution in [0.4, 0.5) is 0 Å². The van der Waals surface area contributed by atoms with Crippen LogP contribution in [0.1, 0.15) is 43.4 Å². The highest BCUT2D eigenvalue weighted by Gasteiger charge is 2.23. The van der Waals surface area contributed by atoms with Gasteiger partial charge in [0.2, 0.25) is 0 Å². The smallest absolute Gasteiger partial charge is 0.278 e. The first-order valence-corrected chi connectivity index (χ1v) is 8.94. The van der Waals surface area contributed by atoms with Crippen molar-refractivity contribution in [1.82, 2.24) is 15.0 Å². The Morgan fingerprint density at radius 1 is 1.19 bits per heavy atom. The number of aryl methyl sites for hydroxylation is 1. The van der Waals surface area contributed by atoms with E-state index in [-0.39, 0.29) is 23.7 Å². The second kappa shape index (κ2) is 7.70. The lowest BCUT2D eigenvalue weighted by Crippen LogP contribution is -2.31. The minimum atomic E-state index is -0.687. The summed E-state index contributed by atoms with van der Waals surface area (Å²) in [7, 11) is 1.62. The van der Waals surface area contributed by atoms with Crippen LogP contribution in [0.5, 0.6) is 5.75 Å². The van der Waals surface area contributed by atoms with Gasteiger partial charge in [0.05, 0.1) is 12.5 Å². The third-order valence-electron chi connectivity index (χ3n) is 4.85. The molecule has 0 N–H and O–H groups in total. The fourth-order valence-electron chi connectivity index (χ4n) is 3.20. The summed E-state index contributed by atoms with van der Waals surface area (Å²) in [5.74, 6) is 0.655. The van der Waals surface area contributed by atoms with Crippen LogP contribution >= 0.6 is 0 Å². The molecule has 3 aromatic rings. The van der Waals surface area contributed by atoms with Crippen molar-refractivity contribution >= 4 is 16.7 Å². The van der Waals surface area contributed by atoms with Crippen LogP contribution in [-0.4, -0.2) is 27.9 Å². The maximum absolute atomic E-state index is 12.8. The molecule has 0 fully saturated rings. The Hall–Kier alpha value is -3.02. The molecule has 0 amide bonds. The number of benzene rings is 2. The Balaban J connectivity index is 1.84. The molecule has 140 valence electrons. The standard InChI is InChI=1S/C21H23N3O3/c1-13-9-10-16(20(11-13)27-4)14(2)12-19(25)15(3)24-21(26)17-7-5-6-8-18(17)22-23-24/h5-11,14-15H,12H2,1-4H3/t14-,15-/m1/s1. The van der Waals surface area contributed by atoms with E-state index in [9.17, 15) is 9.59 Å². The molecule has 0 unspecified atom stereocenters. The molecule has 1 heterocycles. The van der Waals surface area contributed by atoms with Crippen molar-refractivity contribution in [3.8, 4) is 5.75 Å². The lowest BCUT2D eigenvalue weighted by Gasteiger charge is -2.18. The molecule has 0 aliphatic rings. The van der Waals surface area contributed by atoms with Crippen molar-refractivity contribution in [2.45, 2.75) is 39.2 Å². The van der Waals surface area contributed by atoms with E-state index >= 15 is 0 Å². The highest BCUT2D eigenvalue weighted by Crippen LogP contribution is 2.30. The van der Waals surface area contributed by atoms with Gasteiger partial charge in [-0.25, -0.2) is 4.68 Å².